The highest BCUT2D eigenvalue weighted by molar-refractivity contribution is 6.76. The number of rotatable bonds is 7. The molecule has 0 bridgehead atoms. The number of nitrogens with zero attached hydrogens (tertiary/aromatic N) is 3. The summed E-state index contributed by atoms with van der Waals surface area (Å²) in [4.78, 5) is 12.2. The van der Waals surface area contributed by atoms with Crippen LogP contribution in [0.2, 0.25) is 25.7 Å². The van der Waals surface area contributed by atoms with E-state index in [-0.39, 0.29) is 6.10 Å². The van der Waals surface area contributed by atoms with Crippen molar-refractivity contribution in [2.24, 2.45) is 0 Å². The minimum Gasteiger partial charge on any atom is -0.485 e. The molecule has 1 unspecified atom stereocenters. The van der Waals surface area contributed by atoms with Crippen molar-refractivity contribution < 1.29 is 19.4 Å². The molecule has 1 aliphatic rings. The number of hydrogen-bond donors (Lipinski definition) is 1. The fourth-order valence-electron chi connectivity index (χ4n) is 2.20. The van der Waals surface area contributed by atoms with E-state index < -0.39 is 14.2 Å². The third-order valence-corrected chi connectivity index (χ3v) is 5.25. The average molecular weight is 327 g/mol. The van der Waals surface area contributed by atoms with Gasteiger partial charge in [0.05, 0.1) is 18.9 Å². The summed E-state index contributed by atoms with van der Waals surface area (Å²) in [5, 5.41) is 13.1. The molecule has 0 aliphatic carbocycles. The van der Waals surface area contributed by atoms with Gasteiger partial charge < -0.3 is 19.5 Å². The van der Waals surface area contributed by atoms with Gasteiger partial charge in [-0.05, 0) is 6.04 Å². The van der Waals surface area contributed by atoms with Crippen LogP contribution in [0.25, 0.3) is 0 Å². The number of ether oxygens (including phenoxy) is 2. The van der Waals surface area contributed by atoms with Gasteiger partial charge in [0.25, 0.3) is 0 Å². The number of carbonyl (C=O) groups is 1. The molecule has 0 aromatic carbocycles. The Morgan fingerprint density at radius 3 is 2.91 bits per heavy atom. The van der Waals surface area contributed by atoms with Gasteiger partial charge in [-0.1, -0.05) is 19.6 Å². The van der Waals surface area contributed by atoms with Crippen LogP contribution in [-0.4, -0.2) is 59.8 Å². The first-order chi connectivity index (χ1) is 10.3. The van der Waals surface area contributed by atoms with Crippen LogP contribution < -0.4 is 4.74 Å². The Bertz CT molecular complexity index is 501. The fourth-order valence-corrected chi connectivity index (χ4v) is 2.96. The molecule has 2 heterocycles. The largest absolute Gasteiger partial charge is 0.485 e. The fraction of sp³-hybridized carbons (Fsp3) is 0.714. The monoisotopic (exact) mass is 327 g/mol. The van der Waals surface area contributed by atoms with Crippen molar-refractivity contribution in [1.29, 1.82) is 0 Å². The van der Waals surface area contributed by atoms with E-state index >= 15 is 0 Å². The van der Waals surface area contributed by atoms with Crippen LogP contribution in [0.4, 0.5) is 4.79 Å². The maximum atomic E-state index is 10.9. The first-order valence-electron chi connectivity index (χ1n) is 7.58. The minimum atomic E-state index is -1.06. The van der Waals surface area contributed by atoms with E-state index in [1.807, 2.05) is 0 Å². The molecule has 1 atom stereocenters. The predicted molar refractivity (Wildman–Crippen MR) is 85.0 cm³/mol. The maximum Gasteiger partial charge on any atom is 0.407 e. The van der Waals surface area contributed by atoms with Crippen molar-refractivity contribution in [3.8, 4) is 5.75 Å². The Hall–Kier alpha value is -1.54. The topological polar surface area (TPSA) is 76.8 Å². The summed E-state index contributed by atoms with van der Waals surface area (Å²) in [7, 11) is -1.06. The number of aromatic nitrogens is 2. The highest BCUT2D eigenvalue weighted by atomic mass is 28.3. The van der Waals surface area contributed by atoms with Crippen LogP contribution in [0, 0.1) is 0 Å². The van der Waals surface area contributed by atoms with Gasteiger partial charge in [0, 0.05) is 27.6 Å². The summed E-state index contributed by atoms with van der Waals surface area (Å²) >= 11 is 0. The van der Waals surface area contributed by atoms with Crippen LogP contribution >= 0.6 is 0 Å². The number of hydrogen-bond acceptors (Lipinski definition) is 4. The van der Waals surface area contributed by atoms with E-state index in [0.29, 0.717) is 32.0 Å². The molecular formula is C14H25N3O4Si. The molecule has 1 amide bonds. The highest BCUT2D eigenvalue weighted by Crippen LogP contribution is 2.18. The summed E-state index contributed by atoms with van der Waals surface area (Å²) < 4.78 is 13.1. The zero-order chi connectivity index (χ0) is 16.2. The van der Waals surface area contributed by atoms with Gasteiger partial charge in [0.2, 0.25) is 0 Å². The summed E-state index contributed by atoms with van der Waals surface area (Å²) in [6, 6.07) is 1.13. The Kier molecular flexibility index (Phi) is 5.46. The third-order valence-electron chi connectivity index (χ3n) is 3.55. The number of carboxylic acid groups (broad SMARTS) is 1. The molecular weight excluding hydrogens is 302 g/mol. The van der Waals surface area contributed by atoms with Crippen LogP contribution in [0.15, 0.2) is 12.4 Å². The molecule has 124 valence electrons. The first kappa shape index (κ1) is 16.8. The van der Waals surface area contributed by atoms with E-state index in [9.17, 15) is 4.79 Å². The molecule has 1 fully saturated rings. The summed E-state index contributed by atoms with van der Waals surface area (Å²) in [5.41, 5.74) is 0. The standard InChI is InChI=1S/C14H25N3O4Si/c1-22(2,3)7-6-20-11-17-10-13(8-15-17)21-12-4-5-16(9-12)14(18)19/h8,10,12H,4-7,9,11H2,1-3H3,(H,18,19). The van der Waals surface area contributed by atoms with Crippen molar-refractivity contribution in [3.63, 3.8) is 0 Å². The van der Waals surface area contributed by atoms with Crippen molar-refractivity contribution in [1.82, 2.24) is 14.7 Å². The van der Waals surface area contributed by atoms with Crippen molar-refractivity contribution >= 4 is 14.2 Å². The molecule has 0 saturated carbocycles. The van der Waals surface area contributed by atoms with Gasteiger partial charge in [0.15, 0.2) is 5.75 Å². The van der Waals surface area contributed by atoms with Crippen molar-refractivity contribution in [2.75, 3.05) is 19.7 Å². The SMILES string of the molecule is C[Si](C)(C)CCOCn1cc(OC2CCN(C(=O)O)C2)cn1. The first-order valence-corrected chi connectivity index (χ1v) is 11.3. The van der Waals surface area contributed by atoms with Gasteiger partial charge >= 0.3 is 6.09 Å². The third kappa shape index (κ3) is 5.34. The summed E-state index contributed by atoms with van der Waals surface area (Å²) in [6.07, 6.45) is 3.16. The lowest BCUT2D eigenvalue weighted by Gasteiger charge is -2.15. The second-order valence-corrected chi connectivity index (χ2v) is 12.4. The number of likely N-dealkylation sites (tertiary alicyclic amines) is 1. The smallest absolute Gasteiger partial charge is 0.407 e. The Morgan fingerprint density at radius 1 is 1.50 bits per heavy atom. The quantitative estimate of drug-likeness (QED) is 0.614. The molecule has 0 spiro atoms. The lowest BCUT2D eigenvalue weighted by molar-refractivity contribution is 0.0782. The summed E-state index contributed by atoms with van der Waals surface area (Å²) in [6.45, 7) is 9.05. The molecule has 1 aromatic heterocycles. The van der Waals surface area contributed by atoms with E-state index in [1.54, 1.807) is 17.1 Å². The summed E-state index contributed by atoms with van der Waals surface area (Å²) in [5.74, 6) is 0.658. The van der Waals surface area contributed by atoms with E-state index in [1.165, 1.54) is 4.90 Å². The normalized spacial score (nSPS) is 18.7. The van der Waals surface area contributed by atoms with Crippen LogP contribution in [-0.2, 0) is 11.5 Å². The van der Waals surface area contributed by atoms with Gasteiger partial charge in [-0.3, -0.25) is 0 Å². The Balaban J connectivity index is 1.72. The van der Waals surface area contributed by atoms with Crippen molar-refractivity contribution in [2.45, 2.75) is 44.9 Å². The average Bonchev–Trinajstić information content (AvgIpc) is 3.04. The van der Waals surface area contributed by atoms with Crippen LogP contribution in [0.3, 0.4) is 0 Å². The zero-order valence-corrected chi connectivity index (χ0v) is 14.5. The molecule has 7 nitrogen and oxygen atoms in total. The maximum absolute atomic E-state index is 10.9. The van der Waals surface area contributed by atoms with E-state index in [4.69, 9.17) is 14.6 Å². The molecule has 1 aliphatic heterocycles. The molecule has 0 radical (unpaired) electrons. The van der Waals surface area contributed by atoms with Crippen LogP contribution in [0.5, 0.6) is 5.75 Å². The van der Waals surface area contributed by atoms with E-state index in [0.717, 1.165) is 12.7 Å². The minimum absolute atomic E-state index is 0.0958. The molecule has 8 heteroatoms. The lowest BCUT2D eigenvalue weighted by atomic mass is 10.3. The zero-order valence-electron chi connectivity index (χ0n) is 13.5. The van der Waals surface area contributed by atoms with Crippen molar-refractivity contribution in [3.05, 3.63) is 12.4 Å². The van der Waals surface area contributed by atoms with Crippen LogP contribution in [0.1, 0.15) is 6.42 Å². The molecule has 1 N–H and O–H groups in total. The second-order valence-electron chi connectivity index (χ2n) is 6.82. The lowest BCUT2D eigenvalue weighted by Crippen LogP contribution is -2.29. The predicted octanol–water partition coefficient (Wildman–Crippen LogP) is 2.33. The Morgan fingerprint density at radius 2 is 2.27 bits per heavy atom. The molecule has 1 aromatic rings. The highest BCUT2D eigenvalue weighted by Gasteiger charge is 2.27. The van der Waals surface area contributed by atoms with Gasteiger partial charge in [-0.2, -0.15) is 5.10 Å². The number of amides is 1. The second kappa shape index (κ2) is 7.15. The molecule has 1 saturated heterocycles. The van der Waals surface area contributed by atoms with E-state index in [2.05, 4.69) is 24.7 Å². The molecule has 2 rings (SSSR count). The van der Waals surface area contributed by atoms with Gasteiger partial charge in [-0.15, -0.1) is 0 Å². The van der Waals surface area contributed by atoms with Gasteiger partial charge in [0.1, 0.15) is 12.8 Å². The Labute approximate surface area is 131 Å². The molecule has 22 heavy (non-hydrogen) atoms. The van der Waals surface area contributed by atoms with Gasteiger partial charge in [-0.25, -0.2) is 9.48 Å².